The first-order chi connectivity index (χ1) is 14.1. The summed E-state index contributed by atoms with van der Waals surface area (Å²) in [4.78, 5) is 28.1. The van der Waals surface area contributed by atoms with Crippen LogP contribution in [-0.2, 0) is 9.59 Å². The van der Waals surface area contributed by atoms with Crippen LogP contribution in [0.3, 0.4) is 0 Å². The van der Waals surface area contributed by atoms with Crippen LogP contribution >= 0.6 is 0 Å². The highest BCUT2D eigenvalue weighted by Gasteiger charge is 2.27. The predicted octanol–water partition coefficient (Wildman–Crippen LogP) is 3.49. The molecule has 146 valence electrons. The molecule has 7 heteroatoms. The molecule has 0 fully saturated rings. The van der Waals surface area contributed by atoms with E-state index in [1.165, 1.54) is 6.92 Å². The van der Waals surface area contributed by atoms with Crippen molar-refractivity contribution in [1.29, 1.82) is 0 Å². The number of amides is 2. The second-order valence-corrected chi connectivity index (χ2v) is 6.53. The lowest BCUT2D eigenvalue weighted by Crippen LogP contribution is -2.40. The summed E-state index contributed by atoms with van der Waals surface area (Å²) >= 11 is 0. The molecule has 2 amide bonds. The molecule has 3 aromatic rings. The van der Waals surface area contributed by atoms with Crippen molar-refractivity contribution >= 4 is 23.2 Å². The Bertz CT molecular complexity index is 1050. The van der Waals surface area contributed by atoms with Gasteiger partial charge in [-0.15, -0.1) is 0 Å². The fourth-order valence-corrected chi connectivity index (χ4v) is 3.03. The third kappa shape index (κ3) is 4.19. The number of aromatic nitrogens is 1. The fraction of sp³-hybridized carbons (Fsp3) is 0.136. The zero-order chi connectivity index (χ0) is 20.2. The molecule has 2 N–H and O–H groups in total. The molecule has 1 atom stereocenters. The Morgan fingerprint density at radius 3 is 2.52 bits per heavy atom. The number of anilines is 2. The first-order valence-electron chi connectivity index (χ1n) is 9.11. The van der Waals surface area contributed by atoms with E-state index >= 15 is 0 Å². The molecule has 2 heterocycles. The maximum atomic E-state index is 12.8. The average molecular weight is 389 g/mol. The summed E-state index contributed by atoms with van der Waals surface area (Å²) in [6, 6.07) is 16.3. The molecule has 1 aromatic heterocycles. The topological polar surface area (TPSA) is 89.6 Å². The lowest BCUT2D eigenvalue weighted by Gasteiger charge is -2.25. The van der Waals surface area contributed by atoms with E-state index < -0.39 is 6.10 Å². The van der Waals surface area contributed by atoms with Crippen LogP contribution in [0.1, 0.15) is 6.92 Å². The molecular formula is C22H19N3O4. The molecule has 0 radical (unpaired) electrons. The Hall–Kier alpha value is -3.87. The predicted molar refractivity (Wildman–Crippen MR) is 109 cm³/mol. The zero-order valence-electron chi connectivity index (χ0n) is 15.7. The Labute approximate surface area is 167 Å². The van der Waals surface area contributed by atoms with Gasteiger partial charge in [-0.3, -0.25) is 14.6 Å². The van der Waals surface area contributed by atoms with Crippen molar-refractivity contribution in [2.24, 2.45) is 0 Å². The van der Waals surface area contributed by atoms with Crippen LogP contribution < -0.4 is 20.1 Å². The van der Waals surface area contributed by atoms with Gasteiger partial charge < -0.3 is 20.1 Å². The Morgan fingerprint density at radius 2 is 1.76 bits per heavy atom. The number of carbonyl (C=O) groups is 2. The van der Waals surface area contributed by atoms with Crippen molar-refractivity contribution < 1.29 is 19.1 Å². The van der Waals surface area contributed by atoms with Crippen LogP contribution in [0.25, 0.3) is 11.1 Å². The summed E-state index contributed by atoms with van der Waals surface area (Å²) in [5.74, 6) is 0.730. The van der Waals surface area contributed by atoms with E-state index in [-0.39, 0.29) is 18.4 Å². The van der Waals surface area contributed by atoms with Crippen molar-refractivity contribution in [1.82, 2.24) is 4.98 Å². The van der Waals surface area contributed by atoms with Gasteiger partial charge in [-0.1, -0.05) is 24.3 Å². The molecule has 0 bridgehead atoms. The molecule has 0 saturated heterocycles. The summed E-state index contributed by atoms with van der Waals surface area (Å²) in [6.07, 6.45) is 2.53. The zero-order valence-corrected chi connectivity index (χ0v) is 15.7. The smallest absolute Gasteiger partial charge is 0.269 e. The van der Waals surface area contributed by atoms with Gasteiger partial charge in [0.1, 0.15) is 6.61 Å². The van der Waals surface area contributed by atoms with Crippen molar-refractivity contribution in [3.05, 3.63) is 67.0 Å². The van der Waals surface area contributed by atoms with Crippen LogP contribution in [0, 0.1) is 0 Å². The number of ether oxygens (including phenoxy) is 2. The number of pyridine rings is 1. The first kappa shape index (κ1) is 18.5. The second-order valence-electron chi connectivity index (χ2n) is 6.53. The van der Waals surface area contributed by atoms with Gasteiger partial charge >= 0.3 is 0 Å². The quantitative estimate of drug-likeness (QED) is 0.713. The van der Waals surface area contributed by atoms with E-state index in [9.17, 15) is 9.59 Å². The lowest BCUT2D eigenvalue weighted by atomic mass is 10.1. The number of para-hydroxylation sites is 2. The molecule has 2 aromatic carbocycles. The van der Waals surface area contributed by atoms with E-state index in [0.29, 0.717) is 22.9 Å². The molecule has 0 aliphatic carbocycles. The van der Waals surface area contributed by atoms with Crippen molar-refractivity contribution in [3.8, 4) is 22.6 Å². The summed E-state index contributed by atoms with van der Waals surface area (Å²) in [6.45, 7) is 1.59. The standard InChI is InChI=1S/C22H19N3O4/c1-14(26)24-16-8-6-15(7-9-16)17-12-23-11-10-18(17)25-22(27)21-13-28-19-4-2-3-5-20(19)29-21/h2-12,21H,13H2,1H3,(H,24,26)(H,23,25,27). The minimum absolute atomic E-state index is 0.134. The van der Waals surface area contributed by atoms with Gasteiger partial charge in [0, 0.05) is 30.6 Å². The molecule has 0 saturated carbocycles. The number of nitrogens with one attached hydrogen (secondary N) is 2. The number of nitrogens with zero attached hydrogens (tertiary/aromatic N) is 1. The Kier molecular flexibility index (Phi) is 5.11. The third-order valence-corrected chi connectivity index (χ3v) is 4.40. The highest BCUT2D eigenvalue weighted by molar-refractivity contribution is 5.98. The van der Waals surface area contributed by atoms with E-state index in [1.807, 2.05) is 24.3 Å². The normalized spacial score (nSPS) is 14.7. The molecule has 0 spiro atoms. The number of hydrogen-bond acceptors (Lipinski definition) is 5. The minimum Gasteiger partial charge on any atom is -0.485 e. The minimum atomic E-state index is -0.756. The van der Waals surface area contributed by atoms with Gasteiger partial charge in [-0.25, -0.2) is 0 Å². The molecule has 1 aliphatic rings. The summed E-state index contributed by atoms with van der Waals surface area (Å²) in [5.41, 5.74) is 2.92. The Balaban J connectivity index is 1.51. The summed E-state index contributed by atoms with van der Waals surface area (Å²) < 4.78 is 11.4. The van der Waals surface area contributed by atoms with E-state index in [0.717, 1.165) is 11.1 Å². The maximum Gasteiger partial charge on any atom is 0.269 e. The molecule has 1 unspecified atom stereocenters. The van der Waals surface area contributed by atoms with Gasteiger partial charge in [0.2, 0.25) is 12.0 Å². The number of carbonyl (C=O) groups excluding carboxylic acids is 2. The summed E-state index contributed by atoms with van der Waals surface area (Å²) in [7, 11) is 0. The van der Waals surface area contributed by atoms with Crippen molar-refractivity contribution in [2.75, 3.05) is 17.2 Å². The number of hydrogen-bond donors (Lipinski definition) is 2. The van der Waals surface area contributed by atoms with Crippen LogP contribution in [0.4, 0.5) is 11.4 Å². The number of benzene rings is 2. The lowest BCUT2D eigenvalue weighted by molar-refractivity contribution is -0.125. The first-order valence-corrected chi connectivity index (χ1v) is 9.11. The highest BCUT2D eigenvalue weighted by atomic mass is 16.6. The molecule has 29 heavy (non-hydrogen) atoms. The van der Waals surface area contributed by atoms with Crippen LogP contribution in [0.2, 0.25) is 0 Å². The maximum absolute atomic E-state index is 12.8. The summed E-state index contributed by atoms with van der Waals surface area (Å²) in [5, 5.41) is 5.63. The molecule has 1 aliphatic heterocycles. The van der Waals surface area contributed by atoms with Crippen LogP contribution in [-0.4, -0.2) is 29.5 Å². The van der Waals surface area contributed by atoms with Crippen molar-refractivity contribution in [2.45, 2.75) is 13.0 Å². The largest absolute Gasteiger partial charge is 0.485 e. The molecule has 7 nitrogen and oxygen atoms in total. The monoisotopic (exact) mass is 389 g/mol. The van der Waals surface area contributed by atoms with Gasteiger partial charge in [0.25, 0.3) is 5.91 Å². The van der Waals surface area contributed by atoms with E-state index in [1.54, 1.807) is 42.7 Å². The SMILES string of the molecule is CC(=O)Nc1ccc(-c2cnccc2NC(=O)C2COc3ccccc3O2)cc1. The van der Waals surface area contributed by atoms with Crippen molar-refractivity contribution in [3.63, 3.8) is 0 Å². The number of rotatable bonds is 4. The average Bonchev–Trinajstić information content (AvgIpc) is 2.74. The van der Waals surface area contributed by atoms with E-state index in [4.69, 9.17) is 9.47 Å². The van der Waals surface area contributed by atoms with Gasteiger partial charge in [-0.2, -0.15) is 0 Å². The fourth-order valence-electron chi connectivity index (χ4n) is 3.03. The molecular weight excluding hydrogens is 370 g/mol. The van der Waals surface area contributed by atoms with Gasteiger partial charge in [-0.05, 0) is 35.9 Å². The van der Waals surface area contributed by atoms with Gasteiger partial charge in [0.05, 0.1) is 5.69 Å². The Morgan fingerprint density at radius 1 is 1.00 bits per heavy atom. The molecule has 4 rings (SSSR count). The highest BCUT2D eigenvalue weighted by Crippen LogP contribution is 2.32. The van der Waals surface area contributed by atoms with Crippen LogP contribution in [0.15, 0.2) is 67.0 Å². The third-order valence-electron chi connectivity index (χ3n) is 4.40. The second kappa shape index (κ2) is 8.02. The van der Waals surface area contributed by atoms with Gasteiger partial charge in [0.15, 0.2) is 11.5 Å². The van der Waals surface area contributed by atoms with Crippen LogP contribution in [0.5, 0.6) is 11.5 Å². The number of fused-ring (bicyclic) bond motifs is 1. The van der Waals surface area contributed by atoms with E-state index in [2.05, 4.69) is 15.6 Å².